The summed E-state index contributed by atoms with van der Waals surface area (Å²) in [6.45, 7) is 4.02. The number of carbonyl (C=O) groups excluding carboxylic acids is 3. The second kappa shape index (κ2) is 8.56. The second-order valence-electron chi connectivity index (χ2n) is 6.38. The van der Waals surface area contributed by atoms with Crippen molar-refractivity contribution in [3.8, 4) is 11.5 Å². The third-order valence-electron chi connectivity index (χ3n) is 4.20. The number of hydrogen-bond donors (Lipinski definition) is 1. The molecule has 0 fully saturated rings. The molecular weight excluding hydrogens is 362 g/mol. The number of carbonyl (C=O) groups is 3. The normalized spacial score (nSPS) is 13.8. The third-order valence-corrected chi connectivity index (χ3v) is 4.20. The Bertz CT molecular complexity index is 890. The first-order valence-corrected chi connectivity index (χ1v) is 8.96. The number of Topliss-reactive ketones (excluding diaryl/α,β-unsaturated/α-hetero) is 1. The minimum Gasteiger partial charge on any atom is -0.490 e. The standard InChI is InChI=1S/C21H21NO6/c1-13(23)15-4-7-17(8-5-15)22-20(24)14(2)28-21(25)16-6-9-18-19(12-16)27-11-3-10-26-18/h4-9,12,14H,3,10-11H2,1-2H3,(H,22,24)/t14-/m0/s1. The Kier molecular flexibility index (Phi) is 5.93. The molecule has 1 atom stereocenters. The molecule has 2 aromatic carbocycles. The first-order valence-electron chi connectivity index (χ1n) is 8.96. The molecule has 7 nitrogen and oxygen atoms in total. The van der Waals surface area contributed by atoms with E-state index >= 15 is 0 Å². The lowest BCUT2D eigenvalue weighted by Gasteiger charge is -2.14. The van der Waals surface area contributed by atoms with Crippen molar-refractivity contribution in [3.63, 3.8) is 0 Å². The summed E-state index contributed by atoms with van der Waals surface area (Å²) in [4.78, 5) is 35.9. The van der Waals surface area contributed by atoms with E-state index in [0.29, 0.717) is 36.0 Å². The lowest BCUT2D eigenvalue weighted by molar-refractivity contribution is -0.123. The number of anilines is 1. The molecule has 0 bridgehead atoms. The highest BCUT2D eigenvalue weighted by molar-refractivity contribution is 5.98. The molecule has 0 saturated carbocycles. The van der Waals surface area contributed by atoms with Crippen LogP contribution in [-0.4, -0.2) is 37.0 Å². The first-order chi connectivity index (χ1) is 13.4. The molecule has 28 heavy (non-hydrogen) atoms. The van der Waals surface area contributed by atoms with Crippen molar-refractivity contribution >= 4 is 23.3 Å². The fraction of sp³-hybridized carbons (Fsp3) is 0.286. The van der Waals surface area contributed by atoms with Gasteiger partial charge in [-0.25, -0.2) is 4.79 Å². The molecule has 1 N–H and O–H groups in total. The van der Waals surface area contributed by atoms with Crippen LogP contribution in [0.3, 0.4) is 0 Å². The Labute approximate surface area is 162 Å². The zero-order valence-electron chi connectivity index (χ0n) is 15.7. The Hall–Kier alpha value is -3.35. The van der Waals surface area contributed by atoms with Crippen molar-refractivity contribution in [2.45, 2.75) is 26.4 Å². The number of esters is 1. The maximum absolute atomic E-state index is 12.4. The van der Waals surface area contributed by atoms with Crippen LogP contribution in [0.5, 0.6) is 11.5 Å². The Morgan fingerprint density at radius 3 is 2.29 bits per heavy atom. The fourth-order valence-electron chi connectivity index (χ4n) is 2.60. The molecule has 0 spiro atoms. The summed E-state index contributed by atoms with van der Waals surface area (Å²) in [6, 6.07) is 11.2. The zero-order valence-corrected chi connectivity index (χ0v) is 15.7. The molecule has 0 saturated heterocycles. The third kappa shape index (κ3) is 4.68. The van der Waals surface area contributed by atoms with Crippen LogP contribution in [0.15, 0.2) is 42.5 Å². The van der Waals surface area contributed by atoms with E-state index in [1.54, 1.807) is 42.5 Å². The average Bonchev–Trinajstić information content (AvgIpc) is 2.93. The molecule has 1 heterocycles. The van der Waals surface area contributed by atoms with Crippen molar-refractivity contribution in [1.82, 2.24) is 0 Å². The van der Waals surface area contributed by atoms with E-state index in [2.05, 4.69) is 5.32 Å². The number of nitrogens with one attached hydrogen (secondary N) is 1. The van der Waals surface area contributed by atoms with Gasteiger partial charge in [0, 0.05) is 17.7 Å². The van der Waals surface area contributed by atoms with Gasteiger partial charge >= 0.3 is 5.97 Å². The number of ether oxygens (including phenoxy) is 3. The maximum Gasteiger partial charge on any atom is 0.339 e. The van der Waals surface area contributed by atoms with Gasteiger partial charge in [0.1, 0.15) is 0 Å². The van der Waals surface area contributed by atoms with Gasteiger partial charge in [0.15, 0.2) is 23.4 Å². The molecule has 0 radical (unpaired) electrons. The molecule has 1 aliphatic rings. The van der Waals surface area contributed by atoms with Crippen LogP contribution in [0.25, 0.3) is 0 Å². The Morgan fingerprint density at radius 1 is 0.964 bits per heavy atom. The second-order valence-corrected chi connectivity index (χ2v) is 6.38. The highest BCUT2D eigenvalue weighted by atomic mass is 16.5. The van der Waals surface area contributed by atoms with E-state index in [-0.39, 0.29) is 11.3 Å². The van der Waals surface area contributed by atoms with E-state index in [0.717, 1.165) is 6.42 Å². The molecule has 3 rings (SSSR count). The van der Waals surface area contributed by atoms with E-state index in [1.165, 1.54) is 13.8 Å². The van der Waals surface area contributed by atoms with Crippen LogP contribution in [0.4, 0.5) is 5.69 Å². The van der Waals surface area contributed by atoms with E-state index in [1.807, 2.05) is 0 Å². The van der Waals surface area contributed by atoms with E-state index in [9.17, 15) is 14.4 Å². The van der Waals surface area contributed by atoms with Crippen LogP contribution in [-0.2, 0) is 9.53 Å². The van der Waals surface area contributed by atoms with Gasteiger partial charge in [0.05, 0.1) is 18.8 Å². The summed E-state index contributed by atoms with van der Waals surface area (Å²) in [7, 11) is 0. The van der Waals surface area contributed by atoms with Crippen LogP contribution >= 0.6 is 0 Å². The van der Waals surface area contributed by atoms with Gasteiger partial charge in [-0.15, -0.1) is 0 Å². The Morgan fingerprint density at radius 2 is 1.61 bits per heavy atom. The first kappa shape index (κ1) is 19.4. The van der Waals surface area contributed by atoms with Crippen molar-refractivity contribution < 1.29 is 28.6 Å². The zero-order chi connectivity index (χ0) is 20.1. The molecule has 1 aliphatic heterocycles. The topological polar surface area (TPSA) is 90.9 Å². The SMILES string of the molecule is CC(=O)c1ccc(NC(=O)[C@H](C)OC(=O)c2ccc3c(c2)OCCCO3)cc1. The lowest BCUT2D eigenvalue weighted by Crippen LogP contribution is -2.30. The van der Waals surface area contributed by atoms with Gasteiger partial charge in [0.25, 0.3) is 5.91 Å². The van der Waals surface area contributed by atoms with Gasteiger partial charge in [0.2, 0.25) is 0 Å². The van der Waals surface area contributed by atoms with Crippen LogP contribution in [0.2, 0.25) is 0 Å². The smallest absolute Gasteiger partial charge is 0.339 e. The molecule has 0 aromatic heterocycles. The summed E-state index contributed by atoms with van der Waals surface area (Å²) >= 11 is 0. The molecule has 7 heteroatoms. The van der Waals surface area contributed by atoms with Crippen LogP contribution in [0, 0.1) is 0 Å². The van der Waals surface area contributed by atoms with Crippen molar-refractivity contribution in [1.29, 1.82) is 0 Å². The van der Waals surface area contributed by atoms with Gasteiger partial charge in [-0.3, -0.25) is 9.59 Å². The molecular formula is C21H21NO6. The van der Waals surface area contributed by atoms with Crippen molar-refractivity contribution in [2.75, 3.05) is 18.5 Å². The number of fused-ring (bicyclic) bond motifs is 1. The fourth-order valence-corrected chi connectivity index (χ4v) is 2.60. The largest absolute Gasteiger partial charge is 0.490 e. The quantitative estimate of drug-likeness (QED) is 0.630. The maximum atomic E-state index is 12.4. The van der Waals surface area contributed by atoms with Crippen LogP contribution < -0.4 is 14.8 Å². The predicted octanol–water partition coefficient (Wildman–Crippen LogP) is 3.23. The molecule has 1 amide bonds. The van der Waals surface area contributed by atoms with Gasteiger partial charge in [-0.2, -0.15) is 0 Å². The number of benzene rings is 2. The predicted molar refractivity (Wildman–Crippen MR) is 102 cm³/mol. The van der Waals surface area contributed by atoms with Crippen molar-refractivity contribution in [3.05, 3.63) is 53.6 Å². The summed E-state index contributed by atoms with van der Waals surface area (Å²) in [5, 5.41) is 2.65. The molecule has 2 aromatic rings. The summed E-state index contributed by atoms with van der Waals surface area (Å²) < 4.78 is 16.3. The summed E-state index contributed by atoms with van der Waals surface area (Å²) in [6.07, 6.45) is -0.241. The summed E-state index contributed by atoms with van der Waals surface area (Å²) in [5.74, 6) is -0.109. The summed E-state index contributed by atoms with van der Waals surface area (Å²) in [5.41, 5.74) is 1.33. The number of hydrogen-bond acceptors (Lipinski definition) is 6. The average molecular weight is 383 g/mol. The van der Waals surface area contributed by atoms with E-state index < -0.39 is 18.0 Å². The minimum absolute atomic E-state index is 0.0599. The highest BCUT2D eigenvalue weighted by Crippen LogP contribution is 2.30. The minimum atomic E-state index is -1.00. The monoisotopic (exact) mass is 383 g/mol. The van der Waals surface area contributed by atoms with Crippen molar-refractivity contribution in [2.24, 2.45) is 0 Å². The number of amides is 1. The number of rotatable bonds is 5. The lowest BCUT2D eigenvalue weighted by atomic mass is 10.1. The molecule has 146 valence electrons. The van der Waals surface area contributed by atoms with E-state index in [4.69, 9.17) is 14.2 Å². The van der Waals surface area contributed by atoms with Gasteiger partial charge < -0.3 is 19.5 Å². The Balaban J connectivity index is 1.61. The van der Waals surface area contributed by atoms with Gasteiger partial charge in [-0.1, -0.05) is 0 Å². The molecule has 0 unspecified atom stereocenters. The molecule has 0 aliphatic carbocycles. The van der Waals surface area contributed by atoms with Crippen LogP contribution in [0.1, 0.15) is 41.0 Å². The number of ketones is 1. The van der Waals surface area contributed by atoms with Gasteiger partial charge in [-0.05, 0) is 56.3 Å². The highest BCUT2D eigenvalue weighted by Gasteiger charge is 2.21.